The van der Waals surface area contributed by atoms with Gasteiger partial charge in [0.05, 0.1) is 11.0 Å². The van der Waals surface area contributed by atoms with E-state index in [1.165, 1.54) is 0 Å². The summed E-state index contributed by atoms with van der Waals surface area (Å²) in [5.41, 5.74) is 1.74. The molecule has 86 valence electrons. The molecule has 0 saturated heterocycles. The number of hydrogen-bond donors (Lipinski definition) is 0. The lowest BCUT2D eigenvalue weighted by molar-refractivity contribution is -0.104. The van der Waals surface area contributed by atoms with Crippen LogP contribution < -0.4 is 0 Å². The largest absolute Gasteiger partial charge is 0.294 e. The minimum Gasteiger partial charge on any atom is -0.294 e. The minimum absolute atomic E-state index is 0.323. The number of Topliss-reactive ketones (excluding diaryl/α,β-unsaturated/α-hetero) is 1. The summed E-state index contributed by atoms with van der Waals surface area (Å²) in [6, 6.07) is 8.82. The number of ketones is 1. The second-order valence-corrected chi connectivity index (χ2v) is 3.88. The van der Waals surface area contributed by atoms with Gasteiger partial charge in [-0.05, 0) is 18.2 Å². The Labute approximate surface area is 102 Å². The predicted octanol–water partition coefficient (Wildman–Crippen LogP) is 2.16. The number of pyridine rings is 2. The number of benzene rings is 1. The molecular formula is C14H8N2O2. The maximum atomic E-state index is 11.7. The highest BCUT2D eigenvalue weighted by Gasteiger charge is 2.13. The fourth-order valence-electron chi connectivity index (χ4n) is 2.04. The van der Waals surface area contributed by atoms with Crippen molar-refractivity contribution in [2.24, 2.45) is 0 Å². The third kappa shape index (κ3) is 1.47. The molecule has 0 N–H and O–H groups in total. The molecule has 0 aliphatic rings. The van der Waals surface area contributed by atoms with Crippen molar-refractivity contribution in [2.75, 3.05) is 0 Å². The number of aromatic nitrogens is 2. The van der Waals surface area contributed by atoms with Crippen LogP contribution in [0.5, 0.6) is 0 Å². The van der Waals surface area contributed by atoms with E-state index in [-0.39, 0.29) is 0 Å². The predicted molar refractivity (Wildman–Crippen MR) is 67.4 cm³/mol. The summed E-state index contributed by atoms with van der Waals surface area (Å²) in [6.45, 7) is 0. The van der Waals surface area contributed by atoms with Crippen LogP contribution in [0, 0.1) is 0 Å². The average molecular weight is 236 g/mol. The summed E-state index contributed by atoms with van der Waals surface area (Å²) >= 11 is 0. The maximum Gasteiger partial charge on any atom is 0.226 e. The highest BCUT2D eigenvalue weighted by atomic mass is 16.2. The zero-order valence-electron chi connectivity index (χ0n) is 9.33. The fourth-order valence-corrected chi connectivity index (χ4v) is 2.04. The Morgan fingerprint density at radius 3 is 2.56 bits per heavy atom. The number of hydrogen-bond acceptors (Lipinski definition) is 4. The lowest BCUT2D eigenvalue weighted by Gasteiger charge is -2.05. The van der Waals surface area contributed by atoms with Crippen molar-refractivity contribution < 1.29 is 9.59 Å². The van der Waals surface area contributed by atoms with Crippen molar-refractivity contribution in [2.45, 2.75) is 0 Å². The second-order valence-electron chi connectivity index (χ2n) is 3.88. The molecule has 0 atom stereocenters. The Morgan fingerprint density at radius 1 is 1.06 bits per heavy atom. The standard InChI is InChI=1S/C14H8N2O2/c17-8-12(18)11-7-9-3-1-5-15-13(9)14-10(11)4-2-6-16-14/h1-8H. The quantitative estimate of drug-likeness (QED) is 0.296. The van der Waals surface area contributed by atoms with E-state index in [4.69, 9.17) is 0 Å². The van der Waals surface area contributed by atoms with E-state index < -0.39 is 5.78 Å². The lowest BCUT2D eigenvalue weighted by Crippen LogP contribution is -2.02. The number of fused-ring (bicyclic) bond motifs is 3. The Balaban J connectivity index is 2.54. The van der Waals surface area contributed by atoms with Gasteiger partial charge in [0.2, 0.25) is 5.78 Å². The molecule has 2 aromatic heterocycles. The minimum atomic E-state index is -0.543. The molecule has 3 rings (SSSR count). The Morgan fingerprint density at radius 2 is 1.78 bits per heavy atom. The molecule has 0 unspecified atom stereocenters. The normalized spacial score (nSPS) is 10.7. The number of aldehydes is 1. The van der Waals surface area contributed by atoms with Crippen molar-refractivity contribution in [3.63, 3.8) is 0 Å². The van der Waals surface area contributed by atoms with Crippen LogP contribution in [-0.2, 0) is 4.79 Å². The van der Waals surface area contributed by atoms with Gasteiger partial charge in [-0.2, -0.15) is 0 Å². The van der Waals surface area contributed by atoms with Crippen LogP contribution in [0.2, 0.25) is 0 Å². The summed E-state index contributed by atoms with van der Waals surface area (Å²) in [4.78, 5) is 30.9. The van der Waals surface area contributed by atoms with Crippen LogP contribution in [0.4, 0.5) is 0 Å². The van der Waals surface area contributed by atoms with Crippen molar-refractivity contribution in [3.8, 4) is 0 Å². The van der Waals surface area contributed by atoms with Gasteiger partial charge in [0.25, 0.3) is 0 Å². The SMILES string of the molecule is O=CC(=O)c1cc2cccnc2c2ncccc12. The van der Waals surface area contributed by atoms with Crippen LogP contribution in [0.3, 0.4) is 0 Å². The van der Waals surface area contributed by atoms with Gasteiger partial charge < -0.3 is 0 Å². The first kappa shape index (κ1) is 10.5. The fraction of sp³-hybridized carbons (Fsp3) is 0. The average Bonchev–Trinajstić information content (AvgIpc) is 2.45. The Hall–Kier alpha value is -2.62. The van der Waals surface area contributed by atoms with Crippen molar-refractivity contribution in [1.29, 1.82) is 0 Å². The van der Waals surface area contributed by atoms with Gasteiger partial charge in [-0.1, -0.05) is 12.1 Å². The first-order chi connectivity index (χ1) is 8.81. The first-order valence-corrected chi connectivity index (χ1v) is 5.43. The van der Waals surface area contributed by atoms with E-state index in [1.807, 2.05) is 6.07 Å². The summed E-state index contributed by atoms with van der Waals surface area (Å²) in [5.74, 6) is -0.543. The van der Waals surface area contributed by atoms with Crippen molar-refractivity contribution in [1.82, 2.24) is 9.97 Å². The molecule has 0 radical (unpaired) electrons. The van der Waals surface area contributed by atoms with E-state index in [1.54, 1.807) is 36.7 Å². The van der Waals surface area contributed by atoms with Crippen LogP contribution in [0.15, 0.2) is 42.7 Å². The second kappa shape index (κ2) is 4.00. The van der Waals surface area contributed by atoms with Gasteiger partial charge >= 0.3 is 0 Å². The van der Waals surface area contributed by atoms with Crippen LogP contribution in [0.25, 0.3) is 21.8 Å². The highest BCUT2D eigenvalue weighted by molar-refractivity contribution is 6.37. The third-order valence-electron chi connectivity index (χ3n) is 2.83. The van der Waals surface area contributed by atoms with Crippen LogP contribution in [0.1, 0.15) is 10.4 Å². The van der Waals surface area contributed by atoms with Gasteiger partial charge in [0.15, 0.2) is 6.29 Å². The molecule has 0 amide bonds. The molecule has 4 heteroatoms. The van der Waals surface area contributed by atoms with E-state index in [2.05, 4.69) is 9.97 Å². The molecular weight excluding hydrogens is 228 g/mol. The molecule has 0 saturated carbocycles. The van der Waals surface area contributed by atoms with Gasteiger partial charge in [0.1, 0.15) is 0 Å². The monoisotopic (exact) mass is 236 g/mol. The summed E-state index contributed by atoms with van der Waals surface area (Å²) in [6.07, 6.45) is 3.65. The van der Waals surface area contributed by atoms with Gasteiger partial charge in [0, 0.05) is 28.7 Å². The highest BCUT2D eigenvalue weighted by Crippen LogP contribution is 2.25. The third-order valence-corrected chi connectivity index (χ3v) is 2.83. The molecule has 2 heterocycles. The Bertz CT molecular complexity index is 781. The van der Waals surface area contributed by atoms with Gasteiger partial charge in [-0.25, -0.2) is 0 Å². The number of carbonyl (C=O) groups excluding carboxylic acids is 2. The summed E-state index contributed by atoms with van der Waals surface area (Å²) in [5, 5.41) is 1.45. The summed E-state index contributed by atoms with van der Waals surface area (Å²) in [7, 11) is 0. The molecule has 0 aliphatic heterocycles. The maximum absolute atomic E-state index is 11.7. The van der Waals surface area contributed by atoms with E-state index >= 15 is 0 Å². The van der Waals surface area contributed by atoms with E-state index in [0.29, 0.717) is 22.8 Å². The molecule has 1 aromatic carbocycles. The summed E-state index contributed by atoms with van der Waals surface area (Å²) < 4.78 is 0. The number of carbonyl (C=O) groups is 2. The molecule has 0 fully saturated rings. The van der Waals surface area contributed by atoms with E-state index in [0.717, 1.165) is 10.9 Å². The number of rotatable bonds is 2. The lowest BCUT2D eigenvalue weighted by atomic mass is 10.0. The zero-order valence-corrected chi connectivity index (χ0v) is 9.33. The smallest absolute Gasteiger partial charge is 0.226 e. The molecule has 0 aliphatic carbocycles. The van der Waals surface area contributed by atoms with Crippen LogP contribution >= 0.6 is 0 Å². The topological polar surface area (TPSA) is 59.9 Å². The zero-order chi connectivity index (χ0) is 12.5. The molecule has 18 heavy (non-hydrogen) atoms. The van der Waals surface area contributed by atoms with Gasteiger partial charge in [-0.15, -0.1) is 0 Å². The molecule has 0 bridgehead atoms. The van der Waals surface area contributed by atoms with Gasteiger partial charge in [-0.3, -0.25) is 19.6 Å². The number of nitrogens with zero attached hydrogens (tertiary/aromatic N) is 2. The molecule has 0 spiro atoms. The van der Waals surface area contributed by atoms with Crippen molar-refractivity contribution >= 4 is 33.9 Å². The molecule has 3 aromatic rings. The Kier molecular flexibility index (Phi) is 2.34. The van der Waals surface area contributed by atoms with Crippen LogP contribution in [-0.4, -0.2) is 22.0 Å². The van der Waals surface area contributed by atoms with Crippen molar-refractivity contribution in [3.05, 3.63) is 48.3 Å². The van der Waals surface area contributed by atoms with E-state index in [9.17, 15) is 9.59 Å². The molecule has 4 nitrogen and oxygen atoms in total. The first-order valence-electron chi connectivity index (χ1n) is 5.43.